The smallest absolute Gasteiger partial charge is 0.227 e. The number of nitrogens with zero attached hydrogens (tertiary/aromatic N) is 1. The van der Waals surface area contributed by atoms with E-state index in [4.69, 9.17) is 18.9 Å². The van der Waals surface area contributed by atoms with Gasteiger partial charge in [0.25, 0.3) is 0 Å². The molecule has 1 saturated heterocycles. The number of hydrogen-bond donors (Lipinski definition) is 0. The van der Waals surface area contributed by atoms with Crippen LogP contribution in [0.5, 0.6) is 23.0 Å². The lowest BCUT2D eigenvalue weighted by atomic mass is 10.1. The number of carbonyl (C=O) groups excluding carboxylic acids is 1. The van der Waals surface area contributed by atoms with E-state index in [0.717, 1.165) is 28.8 Å². The van der Waals surface area contributed by atoms with Gasteiger partial charge in [-0.15, -0.1) is 0 Å². The van der Waals surface area contributed by atoms with E-state index in [-0.39, 0.29) is 5.91 Å². The first kappa shape index (κ1) is 24.2. The van der Waals surface area contributed by atoms with Crippen molar-refractivity contribution >= 4 is 12.0 Å². The Morgan fingerprint density at radius 3 is 2.23 bits per heavy atom. The summed E-state index contributed by atoms with van der Waals surface area (Å²) in [6.45, 7) is 1.08. The zero-order chi connectivity index (χ0) is 24.6. The van der Waals surface area contributed by atoms with Gasteiger partial charge < -0.3 is 23.8 Å². The highest BCUT2D eigenvalue weighted by Gasteiger charge is 2.25. The molecule has 4 rings (SSSR count). The number of rotatable bonds is 10. The fourth-order valence-electron chi connectivity index (χ4n) is 4.18. The van der Waals surface area contributed by atoms with E-state index in [1.54, 1.807) is 21.3 Å². The number of amides is 1. The average molecular weight is 474 g/mol. The van der Waals surface area contributed by atoms with Crippen LogP contribution in [0.1, 0.15) is 29.5 Å². The van der Waals surface area contributed by atoms with Gasteiger partial charge in [-0.2, -0.15) is 0 Å². The average Bonchev–Trinajstić information content (AvgIpc) is 3.25. The quantitative estimate of drug-likeness (QED) is 0.389. The fourth-order valence-corrected chi connectivity index (χ4v) is 4.18. The van der Waals surface area contributed by atoms with Gasteiger partial charge in [0.2, 0.25) is 5.91 Å². The maximum Gasteiger partial charge on any atom is 0.227 e. The highest BCUT2D eigenvalue weighted by atomic mass is 16.5. The lowest BCUT2D eigenvalue weighted by Gasteiger charge is -2.19. The summed E-state index contributed by atoms with van der Waals surface area (Å²) in [7, 11) is 4.87. The Morgan fingerprint density at radius 1 is 0.771 bits per heavy atom. The molecule has 0 bridgehead atoms. The third-order valence-corrected chi connectivity index (χ3v) is 6.07. The minimum absolute atomic E-state index is 0.145. The molecule has 0 unspecified atom stereocenters. The van der Waals surface area contributed by atoms with E-state index in [1.165, 1.54) is 0 Å². The van der Waals surface area contributed by atoms with Gasteiger partial charge in [0.05, 0.1) is 21.3 Å². The molecule has 0 saturated carbocycles. The van der Waals surface area contributed by atoms with Crippen molar-refractivity contribution in [3.8, 4) is 23.0 Å². The molecule has 0 N–H and O–H groups in total. The van der Waals surface area contributed by atoms with Crippen molar-refractivity contribution in [3.05, 3.63) is 89.1 Å². The van der Waals surface area contributed by atoms with Crippen LogP contribution >= 0.6 is 0 Å². The minimum atomic E-state index is 0.145. The molecule has 1 fully saturated rings. The van der Waals surface area contributed by atoms with E-state index in [9.17, 15) is 4.79 Å². The molecule has 1 aliphatic heterocycles. The number of methoxy groups -OCH3 is 3. The molecule has 182 valence electrons. The maximum atomic E-state index is 12.6. The Kier molecular flexibility index (Phi) is 7.93. The number of ether oxygens (including phenoxy) is 4. The molecule has 0 atom stereocenters. The molecule has 6 heteroatoms. The summed E-state index contributed by atoms with van der Waals surface area (Å²) in [5.41, 5.74) is 4.16. The number of allylic oxidation sites excluding steroid dienone is 1. The first-order valence-electron chi connectivity index (χ1n) is 11.7. The van der Waals surface area contributed by atoms with Crippen molar-refractivity contribution in [2.45, 2.75) is 25.9 Å². The summed E-state index contributed by atoms with van der Waals surface area (Å²) in [4.78, 5) is 14.5. The molecular weight excluding hydrogens is 442 g/mol. The van der Waals surface area contributed by atoms with Crippen LogP contribution in [-0.2, 0) is 17.8 Å². The van der Waals surface area contributed by atoms with Crippen LogP contribution in [-0.4, -0.2) is 38.7 Å². The SMILES string of the molecule is COc1ccc(/C=C2\CCC(=O)N2CCc2ccc(OCc3ccccc3)c(OC)c2)cc1OC. The molecule has 6 nitrogen and oxygen atoms in total. The summed E-state index contributed by atoms with van der Waals surface area (Å²) in [5.74, 6) is 2.88. The monoisotopic (exact) mass is 473 g/mol. The zero-order valence-electron chi connectivity index (χ0n) is 20.5. The number of hydrogen-bond acceptors (Lipinski definition) is 5. The molecule has 1 aliphatic rings. The first-order chi connectivity index (χ1) is 17.1. The largest absolute Gasteiger partial charge is 0.493 e. The van der Waals surface area contributed by atoms with Crippen LogP contribution < -0.4 is 18.9 Å². The van der Waals surface area contributed by atoms with Gasteiger partial charge >= 0.3 is 0 Å². The standard InChI is InChI=1S/C29H31NO5/c1-32-25-12-10-23(19-27(25)33-2)17-24-11-14-29(31)30(24)16-15-21-9-13-26(28(18-21)34-3)35-20-22-7-5-4-6-8-22/h4-10,12-13,17-19H,11,14-16,20H2,1-3H3/b24-17+. The highest BCUT2D eigenvalue weighted by Crippen LogP contribution is 2.32. The third-order valence-electron chi connectivity index (χ3n) is 6.07. The molecule has 0 aromatic heterocycles. The number of likely N-dealkylation sites (tertiary alicyclic amines) is 1. The Balaban J connectivity index is 1.43. The Morgan fingerprint density at radius 2 is 1.49 bits per heavy atom. The summed E-state index contributed by atoms with van der Waals surface area (Å²) >= 11 is 0. The molecule has 1 amide bonds. The number of carbonyl (C=O) groups is 1. The van der Waals surface area contributed by atoms with Gasteiger partial charge in [-0.1, -0.05) is 42.5 Å². The van der Waals surface area contributed by atoms with E-state index >= 15 is 0 Å². The molecule has 1 heterocycles. The van der Waals surface area contributed by atoms with Crippen molar-refractivity contribution < 1.29 is 23.7 Å². The lowest BCUT2D eigenvalue weighted by molar-refractivity contribution is -0.126. The van der Waals surface area contributed by atoms with E-state index in [0.29, 0.717) is 49.0 Å². The van der Waals surface area contributed by atoms with Crippen molar-refractivity contribution in [2.24, 2.45) is 0 Å². The van der Waals surface area contributed by atoms with Gasteiger partial charge in [-0.05, 0) is 59.9 Å². The molecule has 0 spiro atoms. The Labute approximate surface area is 206 Å². The van der Waals surface area contributed by atoms with Gasteiger partial charge in [-0.3, -0.25) is 4.79 Å². The summed E-state index contributed by atoms with van der Waals surface area (Å²) in [5, 5.41) is 0. The highest BCUT2D eigenvalue weighted by molar-refractivity contribution is 5.83. The minimum Gasteiger partial charge on any atom is -0.493 e. The summed E-state index contributed by atoms with van der Waals surface area (Å²) in [6.07, 6.45) is 4.01. The van der Waals surface area contributed by atoms with Crippen LogP contribution in [0.3, 0.4) is 0 Å². The van der Waals surface area contributed by atoms with Crippen molar-refractivity contribution in [2.75, 3.05) is 27.9 Å². The molecule has 35 heavy (non-hydrogen) atoms. The van der Waals surface area contributed by atoms with Crippen LogP contribution in [0.25, 0.3) is 6.08 Å². The zero-order valence-corrected chi connectivity index (χ0v) is 20.5. The lowest BCUT2D eigenvalue weighted by Crippen LogP contribution is -2.25. The Hall–Kier alpha value is -3.93. The van der Waals surface area contributed by atoms with Gasteiger partial charge in [0.1, 0.15) is 6.61 Å². The van der Waals surface area contributed by atoms with Crippen LogP contribution in [0.2, 0.25) is 0 Å². The normalized spacial score (nSPS) is 14.3. The maximum absolute atomic E-state index is 12.6. The van der Waals surface area contributed by atoms with Crippen LogP contribution in [0.4, 0.5) is 0 Å². The second-order valence-corrected chi connectivity index (χ2v) is 8.30. The van der Waals surface area contributed by atoms with Crippen molar-refractivity contribution in [1.82, 2.24) is 4.90 Å². The summed E-state index contributed by atoms with van der Waals surface area (Å²) < 4.78 is 22.3. The molecule has 0 aliphatic carbocycles. The third kappa shape index (κ3) is 5.96. The second kappa shape index (κ2) is 11.5. The predicted octanol–water partition coefficient (Wildman–Crippen LogP) is 5.50. The van der Waals surface area contributed by atoms with Crippen molar-refractivity contribution in [3.63, 3.8) is 0 Å². The number of benzene rings is 3. The van der Waals surface area contributed by atoms with Crippen LogP contribution in [0.15, 0.2) is 72.4 Å². The Bertz CT molecular complexity index is 1190. The first-order valence-corrected chi connectivity index (χ1v) is 11.7. The summed E-state index contributed by atoms with van der Waals surface area (Å²) in [6, 6.07) is 21.7. The van der Waals surface area contributed by atoms with Crippen molar-refractivity contribution in [1.29, 1.82) is 0 Å². The van der Waals surface area contributed by atoms with Gasteiger partial charge in [-0.25, -0.2) is 0 Å². The van der Waals surface area contributed by atoms with E-state index < -0.39 is 0 Å². The van der Waals surface area contributed by atoms with Gasteiger partial charge in [0, 0.05) is 18.7 Å². The van der Waals surface area contributed by atoms with Gasteiger partial charge in [0.15, 0.2) is 23.0 Å². The van der Waals surface area contributed by atoms with Crippen LogP contribution in [0, 0.1) is 0 Å². The fraction of sp³-hybridized carbons (Fsp3) is 0.276. The molecule has 0 radical (unpaired) electrons. The second-order valence-electron chi connectivity index (χ2n) is 8.30. The molecule has 3 aromatic carbocycles. The topological polar surface area (TPSA) is 57.2 Å². The predicted molar refractivity (Wildman–Crippen MR) is 136 cm³/mol. The van der Waals surface area contributed by atoms with E-state index in [2.05, 4.69) is 0 Å². The van der Waals surface area contributed by atoms with E-state index in [1.807, 2.05) is 77.7 Å². The molecular formula is C29H31NO5. The molecule has 3 aromatic rings.